The van der Waals surface area contributed by atoms with E-state index in [0.29, 0.717) is 53.6 Å². The second-order valence-electron chi connectivity index (χ2n) is 19.1. The van der Waals surface area contributed by atoms with Gasteiger partial charge in [0.2, 0.25) is 0 Å². The van der Waals surface area contributed by atoms with Crippen molar-refractivity contribution in [1.29, 1.82) is 0 Å². The van der Waals surface area contributed by atoms with E-state index in [1.54, 1.807) is 0 Å². The summed E-state index contributed by atoms with van der Waals surface area (Å²) in [6.45, 7) is 20.0. The summed E-state index contributed by atoms with van der Waals surface area (Å²) in [5.41, 5.74) is 4.19. The summed E-state index contributed by atoms with van der Waals surface area (Å²) in [6.07, 6.45) is 7.06. The van der Waals surface area contributed by atoms with Crippen LogP contribution in [-0.4, -0.2) is 93.4 Å². The molecule has 2 aromatic heterocycles. The van der Waals surface area contributed by atoms with Crippen LogP contribution in [-0.2, 0) is 30.1 Å². The smallest absolute Gasteiger partial charge is 0.407 e. The number of carbonyl (C=O) groups excluding carboxylic acids is 1. The number of alkyl carbamates (subject to hydrolysis) is 1. The Hall–Kier alpha value is -2.53. The Balaban J connectivity index is 1.05. The van der Waals surface area contributed by atoms with Crippen molar-refractivity contribution in [3.8, 4) is 17.3 Å². The van der Waals surface area contributed by atoms with Crippen molar-refractivity contribution in [2.45, 2.75) is 165 Å². The molecule has 0 radical (unpaired) electrons. The number of nitrogens with zero attached hydrogens (tertiary/aromatic N) is 3. The lowest BCUT2D eigenvalue weighted by atomic mass is 9.81. The average molecular weight is 828 g/mol. The predicted octanol–water partition coefficient (Wildman–Crippen LogP) is 9.69. The summed E-state index contributed by atoms with van der Waals surface area (Å²) >= 11 is 6.95. The van der Waals surface area contributed by atoms with Gasteiger partial charge in [-0.25, -0.2) is 9.78 Å². The van der Waals surface area contributed by atoms with Gasteiger partial charge >= 0.3 is 12.1 Å². The van der Waals surface area contributed by atoms with Crippen molar-refractivity contribution >= 4 is 45.2 Å². The van der Waals surface area contributed by atoms with Crippen LogP contribution in [0.15, 0.2) is 30.3 Å². The van der Waals surface area contributed by atoms with Crippen LogP contribution < -0.4 is 10.1 Å². The molecule has 7 rings (SSSR count). The Morgan fingerprint density at radius 2 is 1.59 bits per heavy atom. The van der Waals surface area contributed by atoms with Crippen molar-refractivity contribution in [1.82, 2.24) is 19.9 Å². The number of pyridine rings is 1. The van der Waals surface area contributed by atoms with Gasteiger partial charge in [-0.05, 0) is 93.1 Å². The normalized spacial score (nSPS) is 26.2. The van der Waals surface area contributed by atoms with Crippen LogP contribution >= 0.6 is 11.6 Å². The summed E-state index contributed by atoms with van der Waals surface area (Å²) in [7, 11) is -3.32. The molecule has 0 spiro atoms. The van der Waals surface area contributed by atoms with Gasteiger partial charge in [-0.2, -0.15) is 4.98 Å². The van der Waals surface area contributed by atoms with Crippen LogP contribution in [0.1, 0.15) is 83.6 Å². The van der Waals surface area contributed by atoms with Gasteiger partial charge in [-0.1, -0.05) is 76.3 Å². The Labute approximate surface area is 340 Å². The molecule has 2 saturated carbocycles. The van der Waals surface area contributed by atoms with Gasteiger partial charge < -0.3 is 33.4 Å². The highest BCUT2D eigenvalue weighted by atomic mass is 35.5. The minimum Gasteiger partial charge on any atom is -0.456 e. The number of nitrogens with one attached hydrogen (secondary N) is 1. The number of benzene rings is 1. The standard InChI is InChI=1S/C42H63ClN4O7Si2/c1-42(2,3)56(7,8)54-35-25-51-37-34(24-50-38(35)37)53-40-45-33-23-32(43)36(46-39(33)47(40)26-49-21-22-55(4,5)6)29-15-13-27(14-16-29)28-17-19-30(20-18-28)44-41(48)52-31-11-9-10-12-31/h13-16,23,28,30-31,34-35,37-38H,9-12,17-22,24-26H2,1-8H3,(H,44,48)/t28-,30+,34-,35-,37-,38-/m1/s1. The number of hydrogen-bond donors (Lipinski definition) is 1. The first-order valence-corrected chi connectivity index (χ1v) is 27.8. The third kappa shape index (κ3) is 9.67. The molecule has 0 bridgehead atoms. The van der Waals surface area contributed by atoms with E-state index in [9.17, 15) is 4.79 Å². The van der Waals surface area contributed by atoms with Gasteiger partial charge in [0.1, 0.15) is 30.6 Å². The molecule has 0 unspecified atom stereocenters. The molecule has 3 aromatic rings. The Bertz CT molecular complexity index is 1810. The summed E-state index contributed by atoms with van der Waals surface area (Å²) in [4.78, 5) is 22.4. The molecule has 4 aliphatic rings. The van der Waals surface area contributed by atoms with E-state index in [1.807, 2.05) is 10.6 Å². The Morgan fingerprint density at radius 3 is 2.25 bits per heavy atom. The maximum atomic E-state index is 12.4. The van der Waals surface area contributed by atoms with E-state index in [0.717, 1.165) is 63.0 Å². The molecular formula is C42H63ClN4O7Si2. The second kappa shape index (κ2) is 17.0. The van der Waals surface area contributed by atoms with E-state index in [2.05, 4.69) is 83.1 Å². The van der Waals surface area contributed by atoms with Crippen LogP contribution in [0.25, 0.3) is 22.4 Å². The van der Waals surface area contributed by atoms with E-state index in [4.69, 9.17) is 49.7 Å². The molecule has 1 aromatic carbocycles. The predicted molar refractivity (Wildman–Crippen MR) is 225 cm³/mol. The molecule has 308 valence electrons. The average Bonchev–Trinajstić information content (AvgIpc) is 3.93. The number of hydrogen-bond acceptors (Lipinski definition) is 9. The SMILES string of the molecule is CC(C)(C)[Si](C)(C)O[C@@H]1CO[C@H]2[C@@H]1OC[C@H]2Oc1nc2cc(Cl)c(-c3ccc([C@H]4CC[C@@H](NC(=O)OC5CCCC5)CC4)cc3)nc2n1COCC[Si](C)(C)C. The summed E-state index contributed by atoms with van der Waals surface area (Å²) in [6, 6.07) is 12.1. The van der Waals surface area contributed by atoms with Crippen molar-refractivity contribution < 1.29 is 32.9 Å². The number of halogens is 1. The quantitative estimate of drug-likeness (QED) is 0.133. The van der Waals surface area contributed by atoms with Crippen LogP contribution in [0.3, 0.4) is 0 Å². The van der Waals surface area contributed by atoms with Gasteiger partial charge in [0.05, 0.1) is 30.0 Å². The molecule has 11 nitrogen and oxygen atoms in total. The van der Waals surface area contributed by atoms with Gasteiger partial charge in [0.15, 0.2) is 20.1 Å². The highest BCUT2D eigenvalue weighted by Crippen LogP contribution is 2.41. The second-order valence-corrected chi connectivity index (χ2v) is 29.9. The molecule has 4 atom stereocenters. The van der Waals surface area contributed by atoms with Gasteiger partial charge in [-0.3, -0.25) is 4.57 Å². The third-order valence-corrected chi connectivity index (χ3v) is 19.1. The fraction of sp³-hybridized carbons (Fsp3) is 0.690. The minimum absolute atomic E-state index is 0.0832. The fourth-order valence-corrected chi connectivity index (χ4v) is 10.4. The molecule has 56 heavy (non-hydrogen) atoms. The molecule has 1 amide bonds. The van der Waals surface area contributed by atoms with Crippen LogP contribution in [0.2, 0.25) is 48.8 Å². The molecular weight excluding hydrogens is 764 g/mol. The van der Waals surface area contributed by atoms with Crippen molar-refractivity contribution in [2.75, 3.05) is 19.8 Å². The zero-order valence-electron chi connectivity index (χ0n) is 34.7. The van der Waals surface area contributed by atoms with Crippen molar-refractivity contribution in [3.05, 3.63) is 40.9 Å². The number of rotatable bonds is 13. The maximum Gasteiger partial charge on any atom is 0.407 e. The number of aromatic nitrogens is 3. The maximum absolute atomic E-state index is 12.4. The molecule has 14 heteroatoms. The van der Waals surface area contributed by atoms with Crippen LogP contribution in [0.5, 0.6) is 6.01 Å². The molecule has 2 aliphatic heterocycles. The fourth-order valence-electron chi connectivity index (χ4n) is 8.11. The highest BCUT2D eigenvalue weighted by Gasteiger charge is 2.52. The first-order valence-electron chi connectivity index (χ1n) is 20.8. The molecule has 4 fully saturated rings. The van der Waals surface area contributed by atoms with Gasteiger partial charge in [0.25, 0.3) is 0 Å². The number of ether oxygens (including phenoxy) is 5. The van der Waals surface area contributed by atoms with Crippen molar-refractivity contribution in [3.63, 3.8) is 0 Å². The van der Waals surface area contributed by atoms with Crippen molar-refractivity contribution in [2.24, 2.45) is 0 Å². The molecule has 2 saturated heterocycles. The Morgan fingerprint density at radius 1 is 0.929 bits per heavy atom. The summed E-state index contributed by atoms with van der Waals surface area (Å²) in [5, 5.41) is 3.72. The molecule has 2 aliphatic carbocycles. The first kappa shape index (κ1) is 41.6. The number of carbonyl (C=O) groups is 1. The van der Waals surface area contributed by atoms with E-state index in [-0.39, 0.29) is 54.4 Å². The summed E-state index contributed by atoms with van der Waals surface area (Å²) in [5.74, 6) is 0.435. The zero-order chi connectivity index (χ0) is 39.8. The van der Waals surface area contributed by atoms with Crippen LogP contribution in [0, 0.1) is 0 Å². The minimum atomic E-state index is -2.02. The lowest BCUT2D eigenvalue weighted by Crippen LogP contribution is -2.47. The van der Waals surface area contributed by atoms with E-state index in [1.165, 1.54) is 5.56 Å². The first-order chi connectivity index (χ1) is 26.5. The van der Waals surface area contributed by atoms with Gasteiger partial charge in [-0.15, -0.1) is 0 Å². The largest absolute Gasteiger partial charge is 0.456 e. The highest BCUT2D eigenvalue weighted by molar-refractivity contribution is 6.76. The third-order valence-electron chi connectivity index (χ3n) is 12.6. The lowest BCUT2D eigenvalue weighted by Gasteiger charge is -2.39. The van der Waals surface area contributed by atoms with E-state index < -0.39 is 16.4 Å². The number of amides is 1. The Kier molecular flexibility index (Phi) is 12.6. The van der Waals surface area contributed by atoms with E-state index >= 15 is 0 Å². The number of fused-ring (bicyclic) bond motifs is 2. The lowest BCUT2D eigenvalue weighted by molar-refractivity contribution is 0.00687. The number of imidazole rings is 1. The topological polar surface area (TPSA) is 115 Å². The zero-order valence-corrected chi connectivity index (χ0v) is 37.5. The van der Waals surface area contributed by atoms with Crippen LogP contribution in [0.4, 0.5) is 4.79 Å². The molecule has 4 heterocycles. The monoisotopic (exact) mass is 826 g/mol. The summed E-state index contributed by atoms with van der Waals surface area (Å²) < 4.78 is 39.8. The molecule has 1 N–H and O–H groups in total. The van der Waals surface area contributed by atoms with Gasteiger partial charge in [0, 0.05) is 26.3 Å².